The van der Waals surface area contributed by atoms with Gasteiger partial charge in [-0.15, -0.1) is 0 Å². The van der Waals surface area contributed by atoms with Crippen LogP contribution in [0.25, 0.3) is 11.3 Å². The number of hydrogen-bond donors (Lipinski definition) is 1. The van der Waals surface area contributed by atoms with E-state index in [4.69, 9.17) is 9.47 Å². The van der Waals surface area contributed by atoms with E-state index in [2.05, 4.69) is 15.4 Å². The summed E-state index contributed by atoms with van der Waals surface area (Å²) in [6, 6.07) is 12.1. The maximum absolute atomic E-state index is 12.3. The summed E-state index contributed by atoms with van der Waals surface area (Å²) in [6.07, 6.45) is 3.33. The standard InChI is InChI=1S/C20H20N4O4/c1-27-16-7-5-15(6-8-16)20-17(28-2)10-19(26)24(23-20)13-18(25)22-12-14-4-3-9-21-11-14/h3-11H,12-13H2,1-2H3,(H,22,25). The molecule has 0 fully saturated rings. The van der Waals surface area contributed by atoms with Crippen LogP contribution in [-0.4, -0.2) is 34.9 Å². The summed E-state index contributed by atoms with van der Waals surface area (Å²) in [7, 11) is 3.05. The smallest absolute Gasteiger partial charge is 0.270 e. The Morgan fingerprint density at radius 3 is 2.57 bits per heavy atom. The number of carbonyl (C=O) groups is 1. The lowest BCUT2D eigenvalue weighted by atomic mass is 10.1. The molecule has 0 spiro atoms. The average Bonchev–Trinajstić information content (AvgIpc) is 2.74. The number of rotatable bonds is 7. The van der Waals surface area contributed by atoms with Gasteiger partial charge < -0.3 is 14.8 Å². The van der Waals surface area contributed by atoms with Crippen LogP contribution in [0.5, 0.6) is 11.5 Å². The number of nitrogens with one attached hydrogen (secondary N) is 1. The molecule has 28 heavy (non-hydrogen) atoms. The van der Waals surface area contributed by atoms with Gasteiger partial charge in [-0.2, -0.15) is 5.10 Å². The molecule has 1 N–H and O–H groups in total. The molecule has 1 amide bonds. The Bertz CT molecular complexity index is 1000. The highest BCUT2D eigenvalue weighted by molar-refractivity contribution is 5.75. The van der Waals surface area contributed by atoms with Crippen molar-refractivity contribution in [3.8, 4) is 22.8 Å². The van der Waals surface area contributed by atoms with Gasteiger partial charge in [0.25, 0.3) is 5.56 Å². The van der Waals surface area contributed by atoms with Gasteiger partial charge >= 0.3 is 0 Å². The molecular formula is C20H20N4O4. The Morgan fingerprint density at radius 1 is 1.14 bits per heavy atom. The third-order valence-electron chi connectivity index (χ3n) is 4.05. The maximum atomic E-state index is 12.3. The molecule has 0 radical (unpaired) electrons. The molecule has 0 atom stereocenters. The first-order chi connectivity index (χ1) is 13.6. The Balaban J connectivity index is 1.80. The summed E-state index contributed by atoms with van der Waals surface area (Å²) in [5.74, 6) is 0.706. The maximum Gasteiger partial charge on any atom is 0.270 e. The van der Waals surface area contributed by atoms with Crippen LogP contribution in [0.1, 0.15) is 5.56 Å². The van der Waals surface area contributed by atoms with E-state index >= 15 is 0 Å². The predicted molar refractivity (Wildman–Crippen MR) is 103 cm³/mol. The minimum absolute atomic E-state index is 0.202. The molecular weight excluding hydrogens is 360 g/mol. The molecule has 3 aromatic rings. The number of nitrogens with zero attached hydrogens (tertiary/aromatic N) is 3. The minimum Gasteiger partial charge on any atom is -0.497 e. The number of methoxy groups -OCH3 is 2. The van der Waals surface area contributed by atoms with Crippen molar-refractivity contribution in [3.63, 3.8) is 0 Å². The van der Waals surface area contributed by atoms with Crippen LogP contribution >= 0.6 is 0 Å². The third kappa shape index (κ3) is 4.53. The molecule has 2 aromatic heterocycles. The second-order valence-electron chi connectivity index (χ2n) is 5.92. The summed E-state index contributed by atoms with van der Waals surface area (Å²) >= 11 is 0. The van der Waals surface area contributed by atoms with Crippen LogP contribution in [0.2, 0.25) is 0 Å². The van der Waals surface area contributed by atoms with E-state index < -0.39 is 5.56 Å². The van der Waals surface area contributed by atoms with E-state index in [0.717, 1.165) is 15.8 Å². The zero-order valence-corrected chi connectivity index (χ0v) is 15.6. The van der Waals surface area contributed by atoms with E-state index in [9.17, 15) is 9.59 Å². The largest absolute Gasteiger partial charge is 0.497 e. The molecule has 0 bridgehead atoms. The molecule has 8 nitrogen and oxygen atoms in total. The van der Waals surface area contributed by atoms with Crippen molar-refractivity contribution < 1.29 is 14.3 Å². The van der Waals surface area contributed by atoms with Crippen LogP contribution in [0.3, 0.4) is 0 Å². The number of pyridine rings is 1. The first kappa shape index (κ1) is 19.1. The first-order valence-corrected chi connectivity index (χ1v) is 8.57. The normalized spacial score (nSPS) is 10.4. The number of carbonyl (C=O) groups excluding carboxylic acids is 1. The molecule has 8 heteroatoms. The van der Waals surface area contributed by atoms with Gasteiger partial charge in [-0.05, 0) is 35.9 Å². The molecule has 0 aliphatic carbocycles. The van der Waals surface area contributed by atoms with Gasteiger partial charge in [0.15, 0.2) is 5.75 Å². The van der Waals surface area contributed by atoms with Crippen molar-refractivity contribution in [2.75, 3.05) is 14.2 Å². The summed E-state index contributed by atoms with van der Waals surface area (Å²) in [5, 5.41) is 7.08. The second-order valence-corrected chi connectivity index (χ2v) is 5.92. The molecule has 2 heterocycles. The molecule has 0 aliphatic heterocycles. The highest BCUT2D eigenvalue weighted by Crippen LogP contribution is 2.27. The van der Waals surface area contributed by atoms with Crippen LogP contribution in [-0.2, 0) is 17.9 Å². The highest BCUT2D eigenvalue weighted by Gasteiger charge is 2.14. The number of hydrogen-bond acceptors (Lipinski definition) is 6. The van der Waals surface area contributed by atoms with Crippen molar-refractivity contribution in [3.05, 3.63) is 70.8 Å². The molecule has 144 valence electrons. The van der Waals surface area contributed by atoms with Gasteiger partial charge in [-0.3, -0.25) is 14.6 Å². The molecule has 0 saturated heterocycles. The van der Waals surface area contributed by atoms with Gasteiger partial charge in [0, 0.05) is 30.6 Å². The van der Waals surface area contributed by atoms with Gasteiger partial charge in [-0.25, -0.2) is 4.68 Å². The van der Waals surface area contributed by atoms with Crippen molar-refractivity contribution in [2.45, 2.75) is 13.1 Å². The Labute approximate surface area is 161 Å². The van der Waals surface area contributed by atoms with Crippen molar-refractivity contribution in [1.29, 1.82) is 0 Å². The van der Waals surface area contributed by atoms with Gasteiger partial charge in [-0.1, -0.05) is 6.07 Å². The molecule has 0 unspecified atom stereocenters. The number of ether oxygens (including phenoxy) is 2. The van der Waals surface area contributed by atoms with Crippen molar-refractivity contribution in [1.82, 2.24) is 20.1 Å². The number of benzene rings is 1. The fourth-order valence-corrected chi connectivity index (χ4v) is 2.59. The lowest BCUT2D eigenvalue weighted by Crippen LogP contribution is -2.33. The quantitative estimate of drug-likeness (QED) is 0.670. The monoisotopic (exact) mass is 380 g/mol. The van der Waals surface area contributed by atoms with E-state index in [0.29, 0.717) is 23.7 Å². The Morgan fingerprint density at radius 2 is 1.93 bits per heavy atom. The van der Waals surface area contributed by atoms with Crippen molar-refractivity contribution in [2.24, 2.45) is 0 Å². The lowest BCUT2D eigenvalue weighted by Gasteiger charge is -2.12. The van der Waals surface area contributed by atoms with Crippen molar-refractivity contribution >= 4 is 5.91 Å². The molecule has 3 rings (SSSR count). The molecule has 0 aliphatic rings. The van der Waals surface area contributed by atoms with Crippen LogP contribution in [0.15, 0.2) is 59.7 Å². The topological polar surface area (TPSA) is 95.3 Å². The lowest BCUT2D eigenvalue weighted by molar-refractivity contribution is -0.122. The summed E-state index contributed by atoms with van der Waals surface area (Å²) in [4.78, 5) is 28.5. The SMILES string of the molecule is COc1ccc(-c2nn(CC(=O)NCc3cccnc3)c(=O)cc2OC)cc1. The fraction of sp³-hybridized carbons (Fsp3) is 0.200. The zero-order chi connectivity index (χ0) is 19.9. The Kier molecular flexibility index (Phi) is 6.01. The molecule has 0 saturated carbocycles. The summed E-state index contributed by atoms with van der Waals surface area (Å²) in [5.41, 5.74) is 1.64. The van der Waals surface area contributed by atoms with E-state index in [1.54, 1.807) is 49.8 Å². The van der Waals surface area contributed by atoms with Gasteiger partial charge in [0.05, 0.1) is 14.2 Å². The summed E-state index contributed by atoms with van der Waals surface area (Å²) < 4.78 is 11.6. The Hall–Kier alpha value is -3.68. The van der Waals surface area contributed by atoms with Crippen LogP contribution in [0.4, 0.5) is 0 Å². The van der Waals surface area contributed by atoms with Gasteiger partial charge in [0.2, 0.25) is 5.91 Å². The summed E-state index contributed by atoms with van der Waals surface area (Å²) in [6.45, 7) is 0.120. The predicted octanol–water partition coefficient (Wildman–Crippen LogP) is 1.64. The minimum atomic E-state index is -0.425. The highest BCUT2D eigenvalue weighted by atomic mass is 16.5. The number of aromatic nitrogens is 3. The van der Waals surface area contributed by atoms with E-state index in [1.807, 2.05) is 6.07 Å². The zero-order valence-electron chi connectivity index (χ0n) is 15.6. The number of amides is 1. The van der Waals surface area contributed by atoms with Crippen LogP contribution < -0.4 is 20.3 Å². The van der Waals surface area contributed by atoms with Gasteiger partial charge in [0.1, 0.15) is 18.0 Å². The second kappa shape index (κ2) is 8.81. The molecule has 1 aromatic carbocycles. The van der Waals surface area contributed by atoms with E-state index in [1.165, 1.54) is 13.2 Å². The van der Waals surface area contributed by atoms with Crippen LogP contribution in [0, 0.1) is 0 Å². The first-order valence-electron chi connectivity index (χ1n) is 8.57. The average molecular weight is 380 g/mol. The fourth-order valence-electron chi connectivity index (χ4n) is 2.59. The van der Waals surface area contributed by atoms with E-state index in [-0.39, 0.29) is 12.5 Å². The third-order valence-corrected chi connectivity index (χ3v) is 4.05.